The van der Waals surface area contributed by atoms with Crippen molar-refractivity contribution in [3.05, 3.63) is 36.5 Å². The Morgan fingerprint density at radius 3 is 2.69 bits per heavy atom. The molecule has 7 heteroatoms. The van der Waals surface area contributed by atoms with Crippen molar-refractivity contribution in [1.82, 2.24) is 15.2 Å². The van der Waals surface area contributed by atoms with Gasteiger partial charge >= 0.3 is 5.97 Å². The first-order chi connectivity index (χ1) is 12.5. The summed E-state index contributed by atoms with van der Waals surface area (Å²) in [6.07, 6.45) is 7.47. The maximum Gasteiger partial charge on any atom is 0.317 e. The number of carboxylic acid groups (broad SMARTS) is 1. The van der Waals surface area contributed by atoms with Crippen LogP contribution in [0.3, 0.4) is 0 Å². The van der Waals surface area contributed by atoms with Crippen molar-refractivity contribution >= 4 is 17.7 Å². The van der Waals surface area contributed by atoms with E-state index in [0.29, 0.717) is 30.1 Å². The molecule has 2 saturated carbocycles. The van der Waals surface area contributed by atoms with Gasteiger partial charge in [0.25, 0.3) is 5.91 Å². The fraction of sp³-hybridized carbons (Fsp3) is 0.526. The minimum Gasteiger partial charge on any atom is -0.480 e. The van der Waals surface area contributed by atoms with Crippen LogP contribution < -0.4 is 10.6 Å². The van der Waals surface area contributed by atoms with Crippen LogP contribution in [0.1, 0.15) is 36.0 Å². The van der Waals surface area contributed by atoms with Crippen molar-refractivity contribution in [1.29, 1.82) is 0 Å². The van der Waals surface area contributed by atoms with Gasteiger partial charge in [-0.15, -0.1) is 6.58 Å². The molecule has 0 aliphatic heterocycles. The molecular formula is C19H26N4O3. The Kier molecular flexibility index (Phi) is 5.88. The van der Waals surface area contributed by atoms with Gasteiger partial charge in [0.15, 0.2) is 0 Å². The Labute approximate surface area is 153 Å². The summed E-state index contributed by atoms with van der Waals surface area (Å²) >= 11 is 0. The van der Waals surface area contributed by atoms with E-state index in [1.54, 1.807) is 24.4 Å². The highest BCUT2D eigenvalue weighted by atomic mass is 16.4. The van der Waals surface area contributed by atoms with Gasteiger partial charge in [-0.1, -0.05) is 6.08 Å². The number of hydrogen-bond acceptors (Lipinski definition) is 5. The molecule has 1 aromatic rings. The lowest BCUT2D eigenvalue weighted by Crippen LogP contribution is -2.52. The van der Waals surface area contributed by atoms with Crippen LogP contribution in [0.5, 0.6) is 0 Å². The molecule has 1 amide bonds. The number of aliphatic carboxylic acids is 1. The van der Waals surface area contributed by atoms with E-state index in [-0.39, 0.29) is 12.5 Å². The molecule has 7 nitrogen and oxygen atoms in total. The summed E-state index contributed by atoms with van der Waals surface area (Å²) in [5.74, 6) is 0.495. The lowest BCUT2D eigenvalue weighted by molar-refractivity contribution is -0.139. The van der Waals surface area contributed by atoms with Crippen molar-refractivity contribution < 1.29 is 14.7 Å². The van der Waals surface area contributed by atoms with E-state index in [1.165, 1.54) is 12.8 Å². The monoisotopic (exact) mass is 358 g/mol. The quantitative estimate of drug-likeness (QED) is 0.552. The molecule has 1 aromatic heterocycles. The lowest BCUT2D eigenvalue weighted by atomic mass is 9.85. The topological polar surface area (TPSA) is 94.6 Å². The minimum absolute atomic E-state index is 0.126. The van der Waals surface area contributed by atoms with Crippen molar-refractivity contribution in [2.75, 3.05) is 25.0 Å². The van der Waals surface area contributed by atoms with Crippen LogP contribution in [0.2, 0.25) is 0 Å². The van der Waals surface area contributed by atoms with Crippen molar-refractivity contribution in [3.63, 3.8) is 0 Å². The normalized spacial score (nSPS) is 21.7. The van der Waals surface area contributed by atoms with E-state index in [4.69, 9.17) is 5.11 Å². The summed E-state index contributed by atoms with van der Waals surface area (Å²) in [5, 5.41) is 15.2. The van der Waals surface area contributed by atoms with Gasteiger partial charge < -0.3 is 15.7 Å². The minimum atomic E-state index is -0.756. The second-order valence-electron chi connectivity index (χ2n) is 7.16. The van der Waals surface area contributed by atoms with Crippen LogP contribution in [0.25, 0.3) is 0 Å². The van der Waals surface area contributed by atoms with Crippen molar-refractivity contribution in [2.45, 2.75) is 37.8 Å². The lowest BCUT2D eigenvalue weighted by Gasteiger charge is -2.43. The Balaban J connectivity index is 1.46. The van der Waals surface area contributed by atoms with Crippen molar-refractivity contribution in [2.24, 2.45) is 5.92 Å². The summed E-state index contributed by atoms with van der Waals surface area (Å²) in [5.41, 5.74) is 0.515. The Bertz CT molecular complexity index is 651. The van der Waals surface area contributed by atoms with Gasteiger partial charge in [-0.2, -0.15) is 0 Å². The number of anilines is 1. The number of carboxylic acids is 1. The molecule has 2 aliphatic carbocycles. The third-order valence-corrected chi connectivity index (χ3v) is 4.94. The van der Waals surface area contributed by atoms with Gasteiger partial charge in [-0.05, 0) is 43.7 Å². The molecule has 0 radical (unpaired) electrons. The van der Waals surface area contributed by atoms with Crippen molar-refractivity contribution in [3.8, 4) is 0 Å². The highest BCUT2D eigenvalue weighted by Gasteiger charge is 2.37. The van der Waals surface area contributed by atoms with E-state index in [2.05, 4.69) is 27.1 Å². The SMILES string of the molecule is C=CCNC(=O)c1ccc(NC2CC(N(CC(=O)O)CC3CC3)C2)nc1. The average Bonchev–Trinajstić information content (AvgIpc) is 3.39. The van der Waals surface area contributed by atoms with E-state index in [1.807, 2.05) is 0 Å². The number of pyridine rings is 1. The molecule has 2 fully saturated rings. The Morgan fingerprint density at radius 1 is 1.35 bits per heavy atom. The van der Waals surface area contributed by atoms with Gasteiger partial charge in [0, 0.05) is 31.4 Å². The number of rotatable bonds is 10. The standard InChI is InChI=1S/C19H26N4O3/c1-2-7-20-19(26)14-5-6-17(21-10-14)22-15-8-16(9-15)23(12-18(24)25)11-13-3-4-13/h2,5-6,10,13,15-16H,1,3-4,7-9,11-12H2,(H,20,26)(H,21,22)(H,24,25). The van der Waals surface area contributed by atoms with Gasteiger partial charge in [0.2, 0.25) is 0 Å². The molecule has 0 spiro atoms. The molecular weight excluding hydrogens is 332 g/mol. The van der Waals surface area contributed by atoms with Crippen LogP contribution in [-0.4, -0.2) is 58.6 Å². The maximum atomic E-state index is 11.8. The van der Waals surface area contributed by atoms with Crippen LogP contribution in [-0.2, 0) is 4.79 Å². The molecule has 26 heavy (non-hydrogen) atoms. The number of nitrogens with zero attached hydrogens (tertiary/aromatic N) is 2. The average molecular weight is 358 g/mol. The summed E-state index contributed by atoms with van der Waals surface area (Å²) < 4.78 is 0. The van der Waals surface area contributed by atoms with Crippen LogP contribution in [0.15, 0.2) is 31.0 Å². The number of aromatic nitrogens is 1. The third kappa shape index (κ3) is 5.05. The first kappa shape index (κ1) is 18.4. The molecule has 0 saturated heterocycles. The zero-order valence-corrected chi connectivity index (χ0v) is 14.9. The predicted molar refractivity (Wildman–Crippen MR) is 99.1 cm³/mol. The number of carbonyl (C=O) groups excluding carboxylic acids is 1. The maximum absolute atomic E-state index is 11.8. The number of carbonyl (C=O) groups is 2. The fourth-order valence-electron chi connectivity index (χ4n) is 3.24. The summed E-state index contributed by atoms with van der Waals surface area (Å²) in [6.45, 7) is 5.02. The first-order valence-electron chi connectivity index (χ1n) is 9.12. The number of nitrogens with one attached hydrogen (secondary N) is 2. The van der Waals surface area contributed by atoms with E-state index >= 15 is 0 Å². The second-order valence-corrected chi connectivity index (χ2v) is 7.16. The predicted octanol–water partition coefficient (Wildman–Crippen LogP) is 1.74. The largest absolute Gasteiger partial charge is 0.480 e. The van der Waals surface area contributed by atoms with Crippen LogP contribution in [0, 0.1) is 5.92 Å². The molecule has 3 rings (SSSR count). The zero-order valence-electron chi connectivity index (χ0n) is 14.9. The van der Waals surface area contributed by atoms with Gasteiger partial charge in [-0.3, -0.25) is 14.5 Å². The van der Waals surface area contributed by atoms with E-state index < -0.39 is 5.97 Å². The van der Waals surface area contributed by atoms with E-state index in [0.717, 1.165) is 25.2 Å². The molecule has 0 unspecified atom stereocenters. The molecule has 140 valence electrons. The number of hydrogen-bond donors (Lipinski definition) is 3. The molecule has 0 aromatic carbocycles. The zero-order chi connectivity index (χ0) is 18.5. The first-order valence-corrected chi connectivity index (χ1v) is 9.12. The molecule has 0 atom stereocenters. The summed E-state index contributed by atoms with van der Waals surface area (Å²) in [6, 6.07) is 4.17. The van der Waals surface area contributed by atoms with Crippen LogP contribution >= 0.6 is 0 Å². The molecule has 0 bridgehead atoms. The number of amides is 1. The van der Waals surface area contributed by atoms with E-state index in [9.17, 15) is 9.59 Å². The summed E-state index contributed by atoms with van der Waals surface area (Å²) in [4.78, 5) is 29.3. The molecule has 2 aliphatic rings. The van der Waals surface area contributed by atoms with Gasteiger partial charge in [-0.25, -0.2) is 4.98 Å². The highest BCUT2D eigenvalue weighted by molar-refractivity contribution is 5.94. The van der Waals surface area contributed by atoms with Gasteiger partial charge in [0.1, 0.15) is 5.82 Å². The van der Waals surface area contributed by atoms with Gasteiger partial charge in [0.05, 0.1) is 12.1 Å². The Hall–Kier alpha value is -2.41. The Morgan fingerprint density at radius 2 is 2.12 bits per heavy atom. The fourth-order valence-corrected chi connectivity index (χ4v) is 3.24. The highest BCUT2D eigenvalue weighted by Crippen LogP contribution is 2.34. The molecule has 1 heterocycles. The second kappa shape index (κ2) is 8.31. The third-order valence-electron chi connectivity index (χ3n) is 4.94. The van der Waals surface area contributed by atoms with Crippen LogP contribution in [0.4, 0.5) is 5.82 Å². The summed E-state index contributed by atoms with van der Waals surface area (Å²) in [7, 11) is 0. The smallest absolute Gasteiger partial charge is 0.317 e. The molecule has 3 N–H and O–H groups in total.